The molecule has 4 saturated carbocycles. The molecule has 0 aromatic carbocycles. The fourth-order valence-electron chi connectivity index (χ4n) is 21.9. The van der Waals surface area contributed by atoms with Crippen LogP contribution in [0.25, 0.3) is 0 Å². The molecule has 5 aliphatic heterocycles. The van der Waals surface area contributed by atoms with E-state index in [1.165, 1.54) is 13.8 Å². The second-order valence-corrected chi connectivity index (χ2v) is 39.5. The molecule has 35 unspecified atom stereocenters. The number of carbonyl (C=O) groups is 6. The number of aldehydes is 1. The summed E-state index contributed by atoms with van der Waals surface area (Å²) in [7, 11) is 0. The van der Waals surface area contributed by atoms with E-state index < -0.39 is 376 Å². The monoisotopic (exact) mass is 1990 g/mol. The van der Waals surface area contributed by atoms with Gasteiger partial charge in [0.1, 0.15) is 128 Å². The molecule has 0 bridgehead atoms. The second-order valence-electron chi connectivity index (χ2n) is 39.5. The van der Waals surface area contributed by atoms with E-state index in [-0.39, 0.29) is 64.2 Å². The van der Waals surface area contributed by atoms with Crippen molar-refractivity contribution in [1.82, 2.24) is 10.2 Å². The topological polar surface area (TPSA) is 793 Å². The Bertz CT molecular complexity index is 4330. The van der Waals surface area contributed by atoms with Crippen molar-refractivity contribution in [2.24, 2.45) is 50.2 Å². The van der Waals surface area contributed by atoms with Gasteiger partial charge in [0.25, 0.3) is 29.8 Å². The number of aliphatic hydroxyl groups is 27. The average molecular weight is 1990 g/mol. The first-order valence-corrected chi connectivity index (χ1v) is 46.1. The van der Waals surface area contributed by atoms with Gasteiger partial charge >= 0.3 is 11.9 Å². The lowest BCUT2D eigenvalue weighted by Crippen LogP contribution is -2.71. The number of ether oxygens (including phenoxy) is 14. The number of esters is 2. The first-order chi connectivity index (χ1) is 64.4. The predicted octanol–water partition coefficient (Wildman–Crippen LogP) is -5.98. The van der Waals surface area contributed by atoms with Gasteiger partial charge in [0.15, 0.2) is 72.5 Å². The molecule has 42 atom stereocenters. The van der Waals surface area contributed by atoms with E-state index >= 15 is 4.79 Å². The molecule has 138 heavy (non-hydrogen) atoms. The molecule has 3 amide bonds. The smallest absolute Gasteiger partial charge is 0.318 e. The highest BCUT2D eigenvalue weighted by Gasteiger charge is 2.74. The SMILES string of the molecule is CCC(OC(C)=O)C(OC1OCC(O)C(O)C1O)C(O)C(O)OC1C(C)OCC(OC(=O)[C@]23CCC(C)(C)CC2C2=CCC4[C@@]5(C)CC[C@H](OC6OC(C(=O)NCCN7C(=O)C=CC7=O)C(O)C(OC(O)C(O)C(O)C(C)O)C6OC(O)/C(O)=C(/O)C(O)CCO)[C@@](C)(C=O)C5CC[C@@]4(C)[C@]2(C)C[C@H]3O)(OC2OC(C)C(OC(O)/C(O)=C(/OC(O)/C(O)=C(/O)C(O)CCO)C(C)O)C(O)C2O)C1O. The highest BCUT2D eigenvalue weighted by Crippen LogP contribution is 2.76. The van der Waals surface area contributed by atoms with Gasteiger partial charge in [-0.05, 0) is 131 Å². The van der Waals surface area contributed by atoms with Crippen LogP contribution in [0.2, 0.25) is 0 Å². The van der Waals surface area contributed by atoms with E-state index in [9.17, 15) is 162 Å². The van der Waals surface area contributed by atoms with Crippen LogP contribution >= 0.6 is 0 Å². The van der Waals surface area contributed by atoms with Crippen molar-refractivity contribution < 1.29 is 233 Å². The Morgan fingerprint density at radius 3 is 1.78 bits per heavy atom. The van der Waals surface area contributed by atoms with Crippen molar-refractivity contribution in [2.75, 3.05) is 39.5 Å². The summed E-state index contributed by atoms with van der Waals surface area (Å²) in [4.78, 5) is 84.2. The van der Waals surface area contributed by atoms with E-state index in [2.05, 4.69) is 5.32 Å². The Morgan fingerprint density at radius 1 is 0.609 bits per heavy atom. The number of carbonyl (C=O) groups excluding carboxylic acids is 6. The third-order valence-electron chi connectivity index (χ3n) is 30.0. The Hall–Kier alpha value is -6.60. The number of rotatable bonds is 41. The molecule has 8 fully saturated rings. The van der Waals surface area contributed by atoms with Gasteiger partial charge in [-0.2, -0.15) is 0 Å². The number of allylic oxidation sites excluding steroid dienone is 2. The van der Waals surface area contributed by atoms with Crippen LogP contribution in [0.5, 0.6) is 0 Å². The van der Waals surface area contributed by atoms with Gasteiger partial charge in [0.2, 0.25) is 18.3 Å². The summed E-state index contributed by atoms with van der Waals surface area (Å²) in [6, 6.07) is 0. The molecule has 49 heteroatoms. The summed E-state index contributed by atoms with van der Waals surface area (Å²) in [5, 5.41) is 304. The van der Waals surface area contributed by atoms with Gasteiger partial charge < -0.3 is 214 Å². The zero-order valence-corrected chi connectivity index (χ0v) is 78.5. The molecular formula is C89H140N2O47. The van der Waals surface area contributed by atoms with Gasteiger partial charge in [0.05, 0.1) is 42.5 Å². The zero-order chi connectivity index (χ0) is 103. The Balaban J connectivity index is 1.00. The van der Waals surface area contributed by atoms with Crippen molar-refractivity contribution in [1.29, 1.82) is 0 Å². The van der Waals surface area contributed by atoms with E-state index in [1.54, 1.807) is 6.92 Å². The van der Waals surface area contributed by atoms with Gasteiger partial charge in [-0.15, -0.1) is 0 Å². The first kappa shape index (κ1) is 113. The number of aliphatic hydroxyl groups excluding tert-OH is 27. The van der Waals surface area contributed by atoms with Gasteiger partial charge in [-0.3, -0.25) is 28.9 Å². The average Bonchev–Trinajstić information content (AvgIpc) is 0.697. The Kier molecular flexibility index (Phi) is 37.3. The summed E-state index contributed by atoms with van der Waals surface area (Å²) in [6.07, 6.45) is -67.3. The van der Waals surface area contributed by atoms with Gasteiger partial charge in [0, 0.05) is 58.2 Å². The third kappa shape index (κ3) is 22.6. The minimum absolute atomic E-state index is 0.104. The molecule has 5 heterocycles. The highest BCUT2D eigenvalue weighted by molar-refractivity contribution is 6.12. The lowest BCUT2D eigenvalue weighted by atomic mass is 9.33. The molecule has 0 aromatic heterocycles. The number of amides is 3. The number of nitrogens with one attached hydrogen (secondary N) is 1. The van der Waals surface area contributed by atoms with Crippen molar-refractivity contribution >= 4 is 35.9 Å². The third-order valence-corrected chi connectivity index (χ3v) is 30.0. The minimum atomic E-state index is -3.16. The lowest BCUT2D eigenvalue weighted by molar-refractivity contribution is -0.417. The number of imide groups is 1. The number of hydrogen-bond acceptors (Lipinski definition) is 47. The zero-order valence-electron chi connectivity index (χ0n) is 78.5. The lowest BCUT2D eigenvalue weighted by Gasteiger charge is -2.71. The minimum Gasteiger partial charge on any atom is -0.506 e. The number of nitrogens with zero attached hydrogens (tertiary/aromatic N) is 1. The molecule has 49 nitrogen and oxygen atoms in total. The number of fused-ring (bicyclic) bond motifs is 7. The van der Waals surface area contributed by atoms with Crippen LogP contribution < -0.4 is 5.32 Å². The van der Waals surface area contributed by atoms with E-state index in [0.717, 1.165) is 44.7 Å². The van der Waals surface area contributed by atoms with Crippen molar-refractivity contribution in [2.45, 2.75) is 369 Å². The van der Waals surface area contributed by atoms with Crippen LogP contribution in [0, 0.1) is 50.2 Å². The molecular weight excluding hydrogens is 1850 g/mol. The second kappa shape index (κ2) is 45.4. The molecule has 5 aliphatic carbocycles. The Morgan fingerprint density at radius 2 is 1.20 bits per heavy atom. The van der Waals surface area contributed by atoms with Crippen molar-refractivity contribution in [3.8, 4) is 0 Å². The fourth-order valence-corrected chi connectivity index (χ4v) is 21.9. The van der Waals surface area contributed by atoms with E-state index in [0.29, 0.717) is 11.9 Å². The molecule has 0 spiro atoms. The van der Waals surface area contributed by atoms with Crippen LogP contribution in [0.4, 0.5) is 0 Å². The quantitative estimate of drug-likeness (QED) is 0.00515. The number of hydrogen-bond donors (Lipinski definition) is 28. The molecule has 4 saturated heterocycles. The maximum Gasteiger partial charge on any atom is 0.318 e. The van der Waals surface area contributed by atoms with Crippen LogP contribution in [0.1, 0.15) is 160 Å². The van der Waals surface area contributed by atoms with Crippen LogP contribution in [-0.4, -0.2) is 427 Å². The van der Waals surface area contributed by atoms with Crippen LogP contribution in [0.3, 0.4) is 0 Å². The summed E-state index contributed by atoms with van der Waals surface area (Å²) < 4.78 is 83.8. The summed E-state index contributed by atoms with van der Waals surface area (Å²) in [5.74, 6) is -18.6. The van der Waals surface area contributed by atoms with Crippen LogP contribution in [-0.2, 0) is 95.1 Å². The highest BCUT2D eigenvalue weighted by atomic mass is 16.8. The largest absolute Gasteiger partial charge is 0.506 e. The normalized spacial score (nSPS) is 40.1. The Labute approximate surface area is 793 Å². The standard InChI is InChI=1S/C89H140N2O47/c1-13-45(128-39(6)97)68(135-79-60(112)55(107)44(100)32-125-79)64(116)78(123)132-67-37(4)126-34-89(72(67)117,137-80-61(113)56(108)66(38(5)127-80)131-77(122)63(115)65(36(3)96)130-75(120)58(110)53(105)42(98)20-28-92)138-82(124)88-25-24-83(7,8)30-41(88)40-14-15-47-84(9)22-19-49(85(10,33-94)46(84)18-23-86(47,11)87(40,12)31-48(88)101)129-81-71(134-76(121)59(111)54(106)43(99)21-29-93)69(133-74(119)57(109)52(104)35(2)95)62(114)70(136-81)73(118)90-26-27-91-50(102)16-17-51(91)103/h14,16-17,33,35-38,41-49,52,55-57,60-62,64,66-72,74-81,92-93,95-96,98-101,104-117,119-123H,13,15,18-32,34H2,1-12H3,(H,90,118)/b58-53-,59-54-,65-63-/t35?,36?,37?,38?,41?,42?,43?,44?,45?,46?,47?,48-,49+,52?,55?,56?,57?,60?,61?,62?,64?,66?,67?,68?,69?,70?,71?,72?,74?,75?,76?,77?,78?,79?,80?,81?,84+,85+,86-,87-,88-,89?/m1/s1. The summed E-state index contributed by atoms with van der Waals surface area (Å²) in [6.45, 7) is 14.1. The van der Waals surface area contributed by atoms with Gasteiger partial charge in [-0.25, -0.2) is 0 Å². The van der Waals surface area contributed by atoms with E-state index in [4.69, 9.17) is 66.3 Å². The van der Waals surface area contributed by atoms with Crippen LogP contribution in [0.15, 0.2) is 58.4 Å². The fraction of sp³-hybridized carbons (Fsp3) is 0.820. The van der Waals surface area contributed by atoms with Crippen molar-refractivity contribution in [3.63, 3.8) is 0 Å². The summed E-state index contributed by atoms with van der Waals surface area (Å²) in [5.41, 5.74) is -6.71. The maximum atomic E-state index is 16.7. The molecule has 10 rings (SSSR count). The molecule has 28 N–H and O–H groups in total. The molecule has 0 radical (unpaired) electrons. The molecule has 788 valence electrons. The summed E-state index contributed by atoms with van der Waals surface area (Å²) >= 11 is 0. The molecule has 0 aromatic rings. The van der Waals surface area contributed by atoms with E-state index in [1.807, 2.05) is 40.7 Å². The predicted molar refractivity (Wildman–Crippen MR) is 457 cm³/mol. The maximum absolute atomic E-state index is 16.7. The molecule has 10 aliphatic rings. The van der Waals surface area contributed by atoms with Gasteiger partial charge in [-0.1, -0.05) is 60.1 Å². The first-order valence-electron chi connectivity index (χ1n) is 46.1. The van der Waals surface area contributed by atoms with Crippen molar-refractivity contribution in [3.05, 3.63) is 58.4 Å².